The zero-order chi connectivity index (χ0) is 17.8. The molecule has 6 nitrogen and oxygen atoms in total. The minimum absolute atomic E-state index is 0.110. The van der Waals surface area contributed by atoms with Gasteiger partial charge in [-0.3, -0.25) is 9.59 Å². The maximum atomic E-state index is 12.3. The first kappa shape index (κ1) is 16.7. The highest BCUT2D eigenvalue weighted by atomic mass is 16.4. The van der Waals surface area contributed by atoms with E-state index in [9.17, 15) is 19.5 Å². The predicted octanol–water partition coefficient (Wildman–Crippen LogP) is 0.590. The molecule has 0 fully saturated rings. The molecule has 2 aromatic rings. The molecule has 0 saturated carbocycles. The van der Waals surface area contributed by atoms with E-state index in [0.717, 1.165) is 11.1 Å². The lowest BCUT2D eigenvalue weighted by atomic mass is 9.96. The number of nitrogens with one attached hydrogen (secondary N) is 2. The summed E-state index contributed by atoms with van der Waals surface area (Å²) in [6.07, 6.45) is 0.0176. The summed E-state index contributed by atoms with van der Waals surface area (Å²) in [7, 11) is 0. The van der Waals surface area contributed by atoms with Gasteiger partial charge in [-0.2, -0.15) is 0 Å². The second-order valence-corrected chi connectivity index (χ2v) is 5.96. The number of para-hydroxylation sites is 1. The number of hydrogen-bond acceptors (Lipinski definition) is 4. The number of fused-ring (bicyclic) bond motifs is 1. The van der Waals surface area contributed by atoms with Gasteiger partial charge < -0.3 is 20.5 Å². The van der Waals surface area contributed by atoms with Crippen LogP contribution in [0.5, 0.6) is 0 Å². The molecule has 0 spiro atoms. The molecule has 1 unspecified atom stereocenters. The molecule has 2 amide bonds. The van der Waals surface area contributed by atoms with E-state index in [1.54, 1.807) is 48.5 Å². The third-order valence-corrected chi connectivity index (χ3v) is 4.20. The third kappa shape index (κ3) is 3.85. The molecular formula is C19H17N2O4-. The number of hydrogen-bond donors (Lipinski definition) is 2. The second-order valence-electron chi connectivity index (χ2n) is 5.96. The predicted molar refractivity (Wildman–Crippen MR) is 89.5 cm³/mol. The molecule has 2 atom stereocenters. The average Bonchev–Trinajstić information content (AvgIpc) is 2.91. The average molecular weight is 337 g/mol. The lowest BCUT2D eigenvalue weighted by Gasteiger charge is -2.20. The van der Waals surface area contributed by atoms with E-state index in [2.05, 4.69) is 10.6 Å². The van der Waals surface area contributed by atoms with E-state index in [1.165, 1.54) is 0 Å². The van der Waals surface area contributed by atoms with Gasteiger partial charge in [-0.05, 0) is 23.6 Å². The molecule has 3 rings (SSSR count). The van der Waals surface area contributed by atoms with Crippen molar-refractivity contribution in [2.45, 2.75) is 24.8 Å². The number of aliphatic carboxylic acids is 1. The van der Waals surface area contributed by atoms with Crippen molar-refractivity contribution in [3.63, 3.8) is 0 Å². The van der Waals surface area contributed by atoms with Gasteiger partial charge in [-0.15, -0.1) is 0 Å². The van der Waals surface area contributed by atoms with E-state index >= 15 is 0 Å². The van der Waals surface area contributed by atoms with Crippen molar-refractivity contribution in [1.82, 2.24) is 5.32 Å². The zero-order valence-electron chi connectivity index (χ0n) is 13.4. The summed E-state index contributed by atoms with van der Waals surface area (Å²) >= 11 is 0. The number of rotatable bonds is 6. The van der Waals surface area contributed by atoms with Crippen LogP contribution in [0.3, 0.4) is 0 Å². The van der Waals surface area contributed by atoms with E-state index < -0.39 is 23.8 Å². The Morgan fingerprint density at radius 2 is 1.76 bits per heavy atom. The zero-order valence-corrected chi connectivity index (χ0v) is 13.4. The molecule has 25 heavy (non-hydrogen) atoms. The first-order valence-electron chi connectivity index (χ1n) is 7.98. The Morgan fingerprint density at radius 1 is 1.08 bits per heavy atom. The second kappa shape index (κ2) is 7.17. The van der Waals surface area contributed by atoms with Crippen LogP contribution in [0.25, 0.3) is 0 Å². The van der Waals surface area contributed by atoms with Gasteiger partial charge in [0, 0.05) is 12.1 Å². The van der Waals surface area contributed by atoms with Crippen molar-refractivity contribution in [3.05, 3.63) is 65.7 Å². The summed E-state index contributed by atoms with van der Waals surface area (Å²) in [5.41, 5.74) is 2.21. The summed E-state index contributed by atoms with van der Waals surface area (Å²) in [5, 5.41) is 16.5. The summed E-state index contributed by atoms with van der Waals surface area (Å²) in [4.78, 5) is 35.7. The first-order chi connectivity index (χ1) is 12.0. The summed E-state index contributed by atoms with van der Waals surface area (Å²) < 4.78 is 0. The maximum Gasteiger partial charge on any atom is 0.232 e. The van der Waals surface area contributed by atoms with Crippen LogP contribution in [0.2, 0.25) is 0 Å². The number of carbonyl (C=O) groups excluding carboxylic acids is 3. The van der Waals surface area contributed by atoms with Gasteiger partial charge in [-0.25, -0.2) is 0 Å². The van der Waals surface area contributed by atoms with Gasteiger partial charge in [0.1, 0.15) is 0 Å². The summed E-state index contributed by atoms with van der Waals surface area (Å²) in [6.45, 7) is 0. The van der Waals surface area contributed by atoms with Crippen LogP contribution in [0.1, 0.15) is 23.5 Å². The Kier molecular flexibility index (Phi) is 4.79. The SMILES string of the molecule is O=C(CC1C(=O)Nc2ccccc21)N[C@@H](Cc1ccccc1)C(=O)[O-]. The summed E-state index contributed by atoms with van der Waals surface area (Å²) in [5.74, 6) is -2.73. The molecule has 2 N–H and O–H groups in total. The van der Waals surface area contributed by atoms with Crippen LogP contribution in [-0.2, 0) is 20.8 Å². The van der Waals surface area contributed by atoms with E-state index in [0.29, 0.717) is 5.69 Å². The molecule has 1 heterocycles. The standard InChI is InChI=1S/C19H18N2O4/c22-17(11-14-13-8-4-5-9-15(13)21-18(14)23)20-16(19(24)25)10-12-6-2-1-3-7-12/h1-9,14,16H,10-11H2,(H,20,22)(H,21,23)(H,24,25)/p-1/t14?,16-/m0/s1. The normalized spacial score (nSPS) is 16.6. The van der Waals surface area contributed by atoms with Gasteiger partial charge in [0.25, 0.3) is 0 Å². The highest BCUT2D eigenvalue weighted by Crippen LogP contribution is 2.34. The topological polar surface area (TPSA) is 98.3 Å². The van der Waals surface area contributed by atoms with Gasteiger partial charge in [-0.1, -0.05) is 48.5 Å². The van der Waals surface area contributed by atoms with Gasteiger partial charge in [0.15, 0.2) is 0 Å². The van der Waals surface area contributed by atoms with E-state index in [-0.39, 0.29) is 18.7 Å². The van der Waals surface area contributed by atoms with Crippen molar-refractivity contribution < 1.29 is 19.5 Å². The van der Waals surface area contributed by atoms with Gasteiger partial charge in [0.2, 0.25) is 11.8 Å². The third-order valence-electron chi connectivity index (χ3n) is 4.20. The molecule has 0 radical (unpaired) electrons. The minimum Gasteiger partial charge on any atom is -0.548 e. The van der Waals surface area contributed by atoms with Crippen LogP contribution in [-0.4, -0.2) is 23.8 Å². The number of carboxylic acid groups (broad SMARTS) is 1. The monoisotopic (exact) mass is 337 g/mol. The first-order valence-corrected chi connectivity index (χ1v) is 7.98. The van der Waals surface area contributed by atoms with Crippen molar-refractivity contribution >= 4 is 23.5 Å². The lowest BCUT2D eigenvalue weighted by molar-refractivity contribution is -0.308. The molecule has 0 bridgehead atoms. The van der Waals surface area contributed by atoms with Gasteiger partial charge in [0.05, 0.1) is 17.9 Å². The van der Waals surface area contributed by atoms with Crippen molar-refractivity contribution in [3.8, 4) is 0 Å². The Hall–Kier alpha value is -3.15. The molecule has 0 aromatic heterocycles. The van der Waals surface area contributed by atoms with E-state index in [1.807, 2.05) is 6.07 Å². The molecule has 128 valence electrons. The van der Waals surface area contributed by atoms with Crippen molar-refractivity contribution in [2.75, 3.05) is 5.32 Å². The number of carbonyl (C=O) groups is 3. The van der Waals surface area contributed by atoms with Crippen LogP contribution in [0.15, 0.2) is 54.6 Å². The Bertz CT molecular complexity index is 804. The Balaban J connectivity index is 1.66. The fraction of sp³-hybridized carbons (Fsp3) is 0.211. The molecule has 0 saturated heterocycles. The molecule has 1 aliphatic heterocycles. The molecule has 6 heteroatoms. The number of carboxylic acids is 1. The maximum absolute atomic E-state index is 12.3. The molecule has 0 aliphatic carbocycles. The Labute approximate surface area is 144 Å². The number of anilines is 1. The fourth-order valence-electron chi connectivity index (χ4n) is 2.96. The minimum atomic E-state index is -1.35. The molecular weight excluding hydrogens is 320 g/mol. The molecule has 2 aromatic carbocycles. The van der Waals surface area contributed by atoms with Crippen LogP contribution in [0.4, 0.5) is 5.69 Å². The smallest absolute Gasteiger partial charge is 0.232 e. The molecule has 1 aliphatic rings. The van der Waals surface area contributed by atoms with Crippen LogP contribution < -0.4 is 15.7 Å². The fourth-order valence-corrected chi connectivity index (χ4v) is 2.96. The van der Waals surface area contributed by atoms with Crippen molar-refractivity contribution in [2.24, 2.45) is 0 Å². The lowest BCUT2D eigenvalue weighted by Crippen LogP contribution is -2.49. The largest absolute Gasteiger partial charge is 0.548 e. The van der Waals surface area contributed by atoms with Crippen molar-refractivity contribution in [1.29, 1.82) is 0 Å². The van der Waals surface area contributed by atoms with Crippen LogP contribution >= 0.6 is 0 Å². The van der Waals surface area contributed by atoms with Gasteiger partial charge >= 0.3 is 0 Å². The van der Waals surface area contributed by atoms with Crippen LogP contribution in [0, 0.1) is 0 Å². The van der Waals surface area contributed by atoms with E-state index in [4.69, 9.17) is 0 Å². The highest BCUT2D eigenvalue weighted by molar-refractivity contribution is 6.05. The number of amides is 2. The summed E-state index contributed by atoms with van der Waals surface area (Å²) in [6, 6.07) is 15.0. The quantitative estimate of drug-likeness (QED) is 0.806. The number of benzene rings is 2. The highest BCUT2D eigenvalue weighted by Gasteiger charge is 2.32. The Morgan fingerprint density at radius 3 is 2.48 bits per heavy atom.